The average molecular weight is 342 g/mol. The van der Waals surface area contributed by atoms with Gasteiger partial charge in [-0.1, -0.05) is 11.6 Å². The fourth-order valence-electron chi connectivity index (χ4n) is 2.58. The number of aromatic nitrogens is 2. The second kappa shape index (κ2) is 5.58. The third kappa shape index (κ3) is 2.57. The Balaban J connectivity index is 1.67. The number of hydrogen-bond acceptors (Lipinski definition) is 5. The van der Waals surface area contributed by atoms with Crippen LogP contribution in [0.3, 0.4) is 0 Å². The summed E-state index contributed by atoms with van der Waals surface area (Å²) in [6.45, 7) is 0.241. The van der Waals surface area contributed by atoms with Gasteiger partial charge >= 0.3 is 0 Å². The molecule has 0 atom stereocenters. The minimum absolute atomic E-state index is 0.0386. The van der Waals surface area contributed by atoms with Crippen molar-refractivity contribution < 1.29 is 9.52 Å². The normalized spacial score (nSPS) is 11.2. The number of anilines is 1. The van der Waals surface area contributed by atoms with E-state index in [1.165, 1.54) is 12.5 Å². The van der Waals surface area contributed by atoms with E-state index in [-0.39, 0.29) is 17.9 Å². The molecule has 0 amide bonds. The summed E-state index contributed by atoms with van der Waals surface area (Å²) < 4.78 is 5.22. The second-order valence-corrected chi connectivity index (χ2v) is 5.83. The molecule has 4 rings (SSSR count). The van der Waals surface area contributed by atoms with Gasteiger partial charge in [0.2, 0.25) is 0 Å². The van der Waals surface area contributed by atoms with E-state index >= 15 is 0 Å². The molecule has 0 unspecified atom stereocenters. The number of nitrogens with one attached hydrogen (secondary N) is 2. The van der Waals surface area contributed by atoms with Crippen molar-refractivity contribution in [1.82, 2.24) is 9.97 Å². The maximum Gasteiger partial charge on any atom is 0.253 e. The Morgan fingerprint density at radius 1 is 1.25 bits per heavy atom. The second-order valence-electron chi connectivity index (χ2n) is 5.40. The van der Waals surface area contributed by atoms with Crippen molar-refractivity contribution in [3.63, 3.8) is 0 Å². The lowest BCUT2D eigenvalue weighted by Gasteiger charge is -2.09. The highest BCUT2D eigenvalue weighted by Crippen LogP contribution is 2.29. The summed E-state index contributed by atoms with van der Waals surface area (Å²) >= 11 is 5.99. The van der Waals surface area contributed by atoms with Crippen molar-refractivity contribution in [1.29, 1.82) is 0 Å². The number of phenols is 1. The molecule has 0 aliphatic carbocycles. The van der Waals surface area contributed by atoms with Crippen LogP contribution >= 0.6 is 11.6 Å². The number of halogens is 1. The fraction of sp³-hybridized carbons (Fsp3) is 0.0588. The highest BCUT2D eigenvalue weighted by Gasteiger charge is 2.09. The van der Waals surface area contributed by atoms with Gasteiger partial charge in [-0.05, 0) is 24.3 Å². The van der Waals surface area contributed by atoms with E-state index in [1.54, 1.807) is 30.3 Å². The first kappa shape index (κ1) is 14.6. The van der Waals surface area contributed by atoms with E-state index < -0.39 is 0 Å². The van der Waals surface area contributed by atoms with Crippen molar-refractivity contribution in [3.05, 3.63) is 63.7 Å². The summed E-state index contributed by atoms with van der Waals surface area (Å²) in [5, 5.41) is 14.5. The number of phenolic OH excluding ortho intramolecular Hbond substituents is 1. The molecule has 0 spiro atoms. The van der Waals surface area contributed by atoms with Crippen molar-refractivity contribution in [2.24, 2.45) is 0 Å². The van der Waals surface area contributed by atoms with Crippen LogP contribution in [-0.4, -0.2) is 15.1 Å². The van der Waals surface area contributed by atoms with E-state index in [2.05, 4.69) is 15.3 Å². The van der Waals surface area contributed by atoms with Gasteiger partial charge in [-0.3, -0.25) is 4.79 Å². The Kier molecular flexibility index (Phi) is 3.39. The Bertz CT molecular complexity index is 1120. The zero-order valence-corrected chi connectivity index (χ0v) is 13.1. The molecule has 2 aromatic heterocycles. The average Bonchev–Trinajstić information content (AvgIpc) is 3.00. The van der Waals surface area contributed by atoms with Gasteiger partial charge in [-0.15, -0.1) is 0 Å². The number of fused-ring (bicyclic) bond motifs is 2. The van der Waals surface area contributed by atoms with Crippen molar-refractivity contribution >= 4 is 39.3 Å². The number of oxazole rings is 1. The van der Waals surface area contributed by atoms with Crippen molar-refractivity contribution in [3.8, 4) is 5.75 Å². The SMILES string of the molecule is O=c1[nH]c2ccc(Cl)cc2cc1CNc1cc2ocnc2cc1O. The summed E-state index contributed by atoms with van der Waals surface area (Å²) in [6.07, 6.45) is 1.31. The molecule has 0 bridgehead atoms. The van der Waals surface area contributed by atoms with Crippen LogP contribution in [0.2, 0.25) is 5.02 Å². The lowest BCUT2D eigenvalue weighted by molar-refractivity contribution is 0.477. The molecular formula is C17H12ClN3O3. The predicted octanol–water partition coefficient (Wildman–Crippen LogP) is 3.64. The molecule has 0 aliphatic heterocycles. The first-order valence-corrected chi connectivity index (χ1v) is 7.59. The lowest BCUT2D eigenvalue weighted by atomic mass is 10.1. The maximum absolute atomic E-state index is 12.2. The third-order valence-electron chi connectivity index (χ3n) is 3.80. The van der Waals surface area contributed by atoms with Crippen LogP contribution in [0.1, 0.15) is 5.56 Å². The molecule has 24 heavy (non-hydrogen) atoms. The Labute approximate surface area is 140 Å². The molecule has 6 nitrogen and oxygen atoms in total. The molecule has 2 aromatic carbocycles. The van der Waals surface area contributed by atoms with E-state index in [0.717, 1.165) is 10.9 Å². The highest BCUT2D eigenvalue weighted by molar-refractivity contribution is 6.31. The number of nitrogens with zero attached hydrogens (tertiary/aromatic N) is 1. The number of rotatable bonds is 3. The zero-order chi connectivity index (χ0) is 16.7. The Morgan fingerprint density at radius 2 is 2.12 bits per heavy atom. The highest BCUT2D eigenvalue weighted by atomic mass is 35.5. The number of H-pyrrole nitrogens is 1. The number of pyridine rings is 1. The summed E-state index contributed by atoms with van der Waals surface area (Å²) in [5.74, 6) is 0.0386. The Hall–Kier alpha value is -2.99. The van der Waals surface area contributed by atoms with Crippen LogP contribution < -0.4 is 10.9 Å². The minimum atomic E-state index is -0.197. The molecule has 3 N–H and O–H groups in total. The monoisotopic (exact) mass is 341 g/mol. The van der Waals surface area contributed by atoms with E-state index in [4.69, 9.17) is 16.0 Å². The molecule has 0 aliphatic rings. The summed E-state index contributed by atoms with van der Waals surface area (Å²) in [6, 6.07) is 10.2. The van der Waals surface area contributed by atoms with Crippen LogP contribution in [0.4, 0.5) is 5.69 Å². The molecular weight excluding hydrogens is 330 g/mol. The molecule has 0 radical (unpaired) electrons. The van der Waals surface area contributed by atoms with Crippen LogP contribution in [0.5, 0.6) is 5.75 Å². The van der Waals surface area contributed by atoms with Crippen LogP contribution in [0, 0.1) is 0 Å². The van der Waals surface area contributed by atoms with Crippen LogP contribution in [-0.2, 0) is 6.54 Å². The zero-order valence-electron chi connectivity index (χ0n) is 12.3. The molecule has 4 aromatic rings. The molecule has 0 fully saturated rings. The summed E-state index contributed by atoms with van der Waals surface area (Å²) in [5.41, 5.74) is 2.63. The summed E-state index contributed by atoms with van der Waals surface area (Å²) in [7, 11) is 0. The van der Waals surface area contributed by atoms with Gasteiger partial charge in [0.15, 0.2) is 12.0 Å². The van der Waals surface area contributed by atoms with Gasteiger partial charge in [0.1, 0.15) is 11.3 Å². The third-order valence-corrected chi connectivity index (χ3v) is 4.04. The maximum atomic E-state index is 12.2. The molecule has 2 heterocycles. The molecule has 0 saturated heterocycles. The molecule has 0 saturated carbocycles. The predicted molar refractivity (Wildman–Crippen MR) is 92.6 cm³/mol. The minimum Gasteiger partial charge on any atom is -0.506 e. The first-order chi connectivity index (χ1) is 11.6. The van der Waals surface area contributed by atoms with Crippen molar-refractivity contribution in [2.75, 3.05) is 5.32 Å². The number of aromatic amines is 1. The first-order valence-electron chi connectivity index (χ1n) is 7.22. The number of benzene rings is 2. The van der Waals surface area contributed by atoms with Gasteiger partial charge < -0.3 is 19.8 Å². The van der Waals surface area contributed by atoms with Gasteiger partial charge in [0, 0.05) is 40.2 Å². The quantitative estimate of drug-likeness (QED) is 0.495. The van der Waals surface area contributed by atoms with Gasteiger partial charge in [0.05, 0.1) is 5.69 Å². The topological polar surface area (TPSA) is 91.2 Å². The van der Waals surface area contributed by atoms with Gasteiger partial charge in [-0.2, -0.15) is 0 Å². The van der Waals surface area contributed by atoms with E-state index in [0.29, 0.717) is 27.4 Å². The van der Waals surface area contributed by atoms with E-state index in [9.17, 15) is 9.90 Å². The van der Waals surface area contributed by atoms with Crippen LogP contribution in [0.15, 0.2) is 52.0 Å². The molecule has 7 heteroatoms. The van der Waals surface area contributed by atoms with Gasteiger partial charge in [-0.25, -0.2) is 4.98 Å². The van der Waals surface area contributed by atoms with Crippen molar-refractivity contribution in [2.45, 2.75) is 6.54 Å². The Morgan fingerprint density at radius 3 is 3.00 bits per heavy atom. The van der Waals surface area contributed by atoms with Crippen LogP contribution in [0.25, 0.3) is 22.0 Å². The fourth-order valence-corrected chi connectivity index (χ4v) is 2.76. The smallest absolute Gasteiger partial charge is 0.253 e. The number of aromatic hydroxyl groups is 1. The van der Waals surface area contributed by atoms with Gasteiger partial charge in [0.25, 0.3) is 5.56 Å². The van der Waals surface area contributed by atoms with E-state index in [1.807, 2.05) is 0 Å². The summed E-state index contributed by atoms with van der Waals surface area (Å²) in [4.78, 5) is 19.0. The largest absolute Gasteiger partial charge is 0.506 e. The molecule has 120 valence electrons. The lowest BCUT2D eigenvalue weighted by Crippen LogP contribution is -2.15. The number of hydrogen-bond donors (Lipinski definition) is 3. The standard InChI is InChI=1S/C17H12ClN3O3/c18-11-1-2-12-9(4-11)3-10(17(23)21-12)7-19-13-6-16-14(5-15(13)22)20-8-24-16/h1-6,8,19,22H,7H2,(H,21,23).